The molecular formula is C18H21N3O5. The molecule has 2 aromatic rings. The summed E-state index contributed by atoms with van der Waals surface area (Å²) in [5.74, 6) is 0.936. The first-order valence-corrected chi connectivity index (χ1v) is 8.06. The largest absolute Gasteiger partial charge is 0.493 e. The van der Waals surface area contributed by atoms with E-state index < -0.39 is 16.6 Å². The molecule has 1 heterocycles. The lowest BCUT2D eigenvalue weighted by atomic mass is 10.2. The van der Waals surface area contributed by atoms with Gasteiger partial charge in [-0.2, -0.15) is 0 Å². The van der Waals surface area contributed by atoms with Crippen molar-refractivity contribution in [1.82, 2.24) is 4.98 Å². The molecule has 8 nitrogen and oxygen atoms in total. The minimum Gasteiger partial charge on any atom is -0.493 e. The highest BCUT2D eigenvalue weighted by molar-refractivity contribution is 5.83. The number of pyridine rings is 1. The van der Waals surface area contributed by atoms with Crippen LogP contribution in [-0.2, 0) is 11.2 Å². The number of carbonyl (C=O) groups excluding carboxylic acids is 1. The van der Waals surface area contributed by atoms with Gasteiger partial charge in [0.2, 0.25) is 0 Å². The van der Waals surface area contributed by atoms with Crippen molar-refractivity contribution in [3.63, 3.8) is 0 Å². The van der Waals surface area contributed by atoms with Gasteiger partial charge in [0.1, 0.15) is 17.2 Å². The predicted octanol–water partition coefficient (Wildman–Crippen LogP) is 3.96. The third-order valence-electron chi connectivity index (χ3n) is 3.11. The Bertz CT molecular complexity index is 769. The van der Waals surface area contributed by atoms with Crippen molar-refractivity contribution >= 4 is 17.6 Å². The Morgan fingerprint density at radius 2 is 1.88 bits per heavy atom. The molecule has 0 atom stereocenters. The summed E-state index contributed by atoms with van der Waals surface area (Å²) in [6, 6.07) is 11.1. The number of non-ortho nitro benzene ring substituents is 1. The summed E-state index contributed by atoms with van der Waals surface area (Å²) in [6.07, 6.45) is -0.0508. The summed E-state index contributed by atoms with van der Waals surface area (Å²) in [6.45, 7) is 5.70. The van der Waals surface area contributed by atoms with Gasteiger partial charge in [-0.05, 0) is 45.0 Å². The normalized spacial score (nSPS) is 10.9. The van der Waals surface area contributed by atoms with Gasteiger partial charge in [0, 0.05) is 24.2 Å². The molecule has 0 fully saturated rings. The Morgan fingerprint density at radius 1 is 1.19 bits per heavy atom. The van der Waals surface area contributed by atoms with Crippen molar-refractivity contribution in [3.05, 3.63) is 58.3 Å². The molecule has 0 aliphatic heterocycles. The number of nitro groups is 1. The summed E-state index contributed by atoms with van der Waals surface area (Å²) in [7, 11) is 0. The van der Waals surface area contributed by atoms with Gasteiger partial charge in [0.25, 0.3) is 5.69 Å². The van der Waals surface area contributed by atoms with E-state index in [-0.39, 0.29) is 5.69 Å². The second-order valence-corrected chi connectivity index (χ2v) is 6.49. The zero-order chi connectivity index (χ0) is 19.2. The van der Waals surface area contributed by atoms with Crippen molar-refractivity contribution < 1.29 is 19.2 Å². The van der Waals surface area contributed by atoms with Gasteiger partial charge in [-0.25, -0.2) is 9.78 Å². The summed E-state index contributed by atoms with van der Waals surface area (Å²) in [5, 5.41) is 13.2. The predicted molar refractivity (Wildman–Crippen MR) is 96.4 cm³/mol. The summed E-state index contributed by atoms with van der Waals surface area (Å²) < 4.78 is 10.7. The Labute approximate surface area is 151 Å². The highest BCUT2D eigenvalue weighted by Crippen LogP contribution is 2.17. The van der Waals surface area contributed by atoms with Crippen molar-refractivity contribution in [2.24, 2.45) is 0 Å². The molecule has 0 aliphatic rings. The Kier molecular flexibility index (Phi) is 6.11. The van der Waals surface area contributed by atoms with Gasteiger partial charge in [-0.1, -0.05) is 6.07 Å². The number of hydrogen-bond acceptors (Lipinski definition) is 6. The number of amides is 1. The van der Waals surface area contributed by atoms with Gasteiger partial charge in [-0.15, -0.1) is 0 Å². The number of rotatable bonds is 6. The number of aromatic nitrogens is 1. The lowest BCUT2D eigenvalue weighted by Crippen LogP contribution is -2.27. The quantitative estimate of drug-likeness (QED) is 0.618. The number of anilines is 1. The SMILES string of the molecule is CC(C)(C)OC(=O)Nc1cccc(CCOc2ccc([N+](=O)[O-])cc2)n1. The van der Waals surface area contributed by atoms with Crippen molar-refractivity contribution in [2.45, 2.75) is 32.8 Å². The molecule has 0 bridgehead atoms. The van der Waals surface area contributed by atoms with Gasteiger partial charge in [0.05, 0.1) is 11.5 Å². The first kappa shape index (κ1) is 19.2. The highest BCUT2D eigenvalue weighted by Gasteiger charge is 2.16. The fourth-order valence-corrected chi connectivity index (χ4v) is 2.03. The van der Waals surface area contributed by atoms with Crippen LogP contribution in [0.3, 0.4) is 0 Å². The monoisotopic (exact) mass is 359 g/mol. The number of benzene rings is 1. The van der Waals surface area contributed by atoms with Crippen molar-refractivity contribution in [3.8, 4) is 5.75 Å². The molecule has 0 spiro atoms. The van der Waals surface area contributed by atoms with Crippen LogP contribution in [0.4, 0.5) is 16.3 Å². The summed E-state index contributed by atoms with van der Waals surface area (Å²) in [5.41, 5.74) is 0.167. The number of carbonyl (C=O) groups is 1. The maximum absolute atomic E-state index is 11.8. The molecule has 1 aromatic carbocycles. The van der Waals surface area contributed by atoms with E-state index in [0.29, 0.717) is 24.6 Å². The Balaban J connectivity index is 1.86. The minimum atomic E-state index is -0.583. The van der Waals surface area contributed by atoms with Crippen LogP contribution in [0.5, 0.6) is 5.75 Å². The number of ether oxygens (including phenoxy) is 2. The second kappa shape index (κ2) is 8.28. The van der Waals surface area contributed by atoms with E-state index in [9.17, 15) is 14.9 Å². The minimum absolute atomic E-state index is 0.0138. The Hall–Kier alpha value is -3.16. The van der Waals surface area contributed by atoms with E-state index in [4.69, 9.17) is 9.47 Å². The molecule has 0 aliphatic carbocycles. The number of nitrogens with zero attached hydrogens (tertiary/aromatic N) is 2. The third kappa shape index (κ3) is 6.39. The lowest BCUT2D eigenvalue weighted by molar-refractivity contribution is -0.384. The van der Waals surface area contributed by atoms with Crippen LogP contribution in [0.15, 0.2) is 42.5 Å². The lowest BCUT2D eigenvalue weighted by Gasteiger charge is -2.19. The molecule has 138 valence electrons. The smallest absolute Gasteiger partial charge is 0.413 e. The van der Waals surface area contributed by atoms with Gasteiger partial charge in [0.15, 0.2) is 0 Å². The zero-order valence-corrected chi connectivity index (χ0v) is 14.9. The molecule has 0 unspecified atom stereocenters. The molecule has 0 saturated carbocycles. The van der Waals surface area contributed by atoms with Crippen LogP contribution < -0.4 is 10.1 Å². The Morgan fingerprint density at radius 3 is 2.50 bits per heavy atom. The van der Waals surface area contributed by atoms with Crippen molar-refractivity contribution in [2.75, 3.05) is 11.9 Å². The molecule has 8 heteroatoms. The topological polar surface area (TPSA) is 104 Å². The third-order valence-corrected chi connectivity index (χ3v) is 3.11. The standard InChI is InChI=1S/C18H21N3O5/c1-18(2,3)26-17(22)20-16-6-4-5-13(19-16)11-12-25-15-9-7-14(8-10-15)21(23)24/h4-10H,11-12H2,1-3H3,(H,19,20,22). The van der Waals surface area contributed by atoms with E-state index in [1.54, 1.807) is 45.0 Å². The molecule has 1 N–H and O–H groups in total. The fraction of sp³-hybridized carbons (Fsp3) is 0.333. The molecule has 1 amide bonds. The van der Waals surface area contributed by atoms with Crippen LogP contribution in [0, 0.1) is 10.1 Å². The first-order valence-electron chi connectivity index (χ1n) is 8.06. The van der Waals surface area contributed by atoms with Crippen LogP contribution in [0.25, 0.3) is 0 Å². The molecule has 1 aromatic heterocycles. The van der Waals surface area contributed by atoms with E-state index in [0.717, 1.165) is 5.69 Å². The van der Waals surface area contributed by atoms with Crippen molar-refractivity contribution in [1.29, 1.82) is 0 Å². The fourth-order valence-electron chi connectivity index (χ4n) is 2.03. The summed E-state index contributed by atoms with van der Waals surface area (Å²) in [4.78, 5) is 26.3. The van der Waals surface area contributed by atoms with Gasteiger partial charge < -0.3 is 9.47 Å². The highest BCUT2D eigenvalue weighted by atomic mass is 16.6. The number of nitrogens with one attached hydrogen (secondary N) is 1. The van der Waals surface area contributed by atoms with Gasteiger partial charge in [-0.3, -0.25) is 15.4 Å². The van der Waals surface area contributed by atoms with E-state index >= 15 is 0 Å². The van der Waals surface area contributed by atoms with E-state index in [2.05, 4.69) is 10.3 Å². The van der Waals surface area contributed by atoms with Crippen LogP contribution >= 0.6 is 0 Å². The maximum Gasteiger partial charge on any atom is 0.413 e. The van der Waals surface area contributed by atoms with Crippen LogP contribution in [-0.4, -0.2) is 28.2 Å². The van der Waals surface area contributed by atoms with E-state index in [1.165, 1.54) is 12.1 Å². The molecule has 0 saturated heterocycles. The van der Waals surface area contributed by atoms with Gasteiger partial charge >= 0.3 is 6.09 Å². The zero-order valence-electron chi connectivity index (χ0n) is 14.9. The number of hydrogen-bond donors (Lipinski definition) is 1. The van der Waals surface area contributed by atoms with E-state index in [1.807, 2.05) is 6.07 Å². The van der Waals surface area contributed by atoms with Crippen LogP contribution in [0.1, 0.15) is 26.5 Å². The molecular weight excluding hydrogens is 338 g/mol. The van der Waals surface area contributed by atoms with Crippen LogP contribution in [0.2, 0.25) is 0 Å². The second-order valence-electron chi connectivity index (χ2n) is 6.49. The number of nitro benzene ring substituents is 1. The maximum atomic E-state index is 11.8. The average Bonchev–Trinajstić information content (AvgIpc) is 2.54. The molecule has 2 rings (SSSR count). The molecule has 26 heavy (non-hydrogen) atoms. The first-order chi connectivity index (χ1) is 12.2. The molecule has 0 radical (unpaired) electrons. The summed E-state index contributed by atoms with van der Waals surface area (Å²) >= 11 is 0. The average molecular weight is 359 g/mol.